The predicted octanol–water partition coefficient (Wildman–Crippen LogP) is 2.22. The van der Waals surface area contributed by atoms with Crippen molar-refractivity contribution >= 4 is 25.6 Å². The molecule has 0 aromatic heterocycles. The van der Waals surface area contributed by atoms with E-state index in [1.807, 2.05) is 0 Å². The Morgan fingerprint density at radius 3 is 2.42 bits per heavy atom. The van der Waals surface area contributed by atoms with Crippen LogP contribution in [-0.4, -0.2) is 44.2 Å². The fraction of sp³-hybridized carbons (Fsp3) is 0.429. The van der Waals surface area contributed by atoms with Gasteiger partial charge in [-0.05, 0) is 30.5 Å². The van der Waals surface area contributed by atoms with Gasteiger partial charge in [-0.15, -0.1) is 0 Å². The number of amides is 1. The number of hydrogen-bond acceptors (Lipinski definition) is 7. The van der Waals surface area contributed by atoms with Gasteiger partial charge in [-0.3, -0.25) is 15.5 Å². The fourth-order valence-corrected chi connectivity index (χ4v) is 3.03. The van der Waals surface area contributed by atoms with Gasteiger partial charge in [-0.25, -0.2) is 4.79 Å². The summed E-state index contributed by atoms with van der Waals surface area (Å²) < 4.78 is 5.18. The molecule has 0 aliphatic carbocycles. The average Bonchev–Trinajstić information content (AvgIpc) is 2.59. The van der Waals surface area contributed by atoms with Crippen LogP contribution in [0.4, 0.5) is 10.5 Å². The first-order chi connectivity index (χ1) is 11.4. The number of likely N-dealkylation sites (tertiary alicyclic amines) is 1. The van der Waals surface area contributed by atoms with Crippen LogP contribution in [0.15, 0.2) is 24.3 Å². The van der Waals surface area contributed by atoms with Gasteiger partial charge in [0.25, 0.3) is 5.69 Å². The van der Waals surface area contributed by atoms with E-state index in [1.165, 1.54) is 29.2 Å². The highest BCUT2D eigenvalue weighted by atomic mass is 31.2. The predicted molar refractivity (Wildman–Crippen MR) is 86.7 cm³/mol. The summed E-state index contributed by atoms with van der Waals surface area (Å²) in [4.78, 5) is 41.7. The molecule has 9 nitrogen and oxygen atoms in total. The van der Waals surface area contributed by atoms with Crippen LogP contribution in [0.2, 0.25) is 0 Å². The molecule has 1 aliphatic rings. The SMILES string of the molecule is N=C(C1CCN(C(=O)OCc2ccc([N+](=O)[O-])cc2)CC1)P(O)O. The van der Waals surface area contributed by atoms with Crippen molar-refractivity contribution < 1.29 is 24.2 Å². The van der Waals surface area contributed by atoms with Gasteiger partial charge < -0.3 is 19.4 Å². The van der Waals surface area contributed by atoms with Gasteiger partial charge in [0, 0.05) is 31.1 Å². The minimum absolute atomic E-state index is 0.0190. The average molecular weight is 355 g/mol. The number of nitro benzene ring substituents is 1. The Hall–Kier alpha value is -2.09. The lowest BCUT2D eigenvalue weighted by atomic mass is 9.98. The van der Waals surface area contributed by atoms with Gasteiger partial charge in [-0.1, -0.05) is 0 Å². The van der Waals surface area contributed by atoms with E-state index in [4.69, 9.17) is 19.9 Å². The van der Waals surface area contributed by atoms with E-state index in [9.17, 15) is 14.9 Å². The highest BCUT2D eigenvalue weighted by Gasteiger charge is 2.28. The Morgan fingerprint density at radius 2 is 1.92 bits per heavy atom. The summed E-state index contributed by atoms with van der Waals surface area (Å²) in [7, 11) is -2.36. The molecule has 1 aromatic rings. The largest absolute Gasteiger partial charge is 0.445 e. The van der Waals surface area contributed by atoms with Gasteiger partial charge >= 0.3 is 6.09 Å². The Kier molecular flexibility index (Phi) is 6.19. The van der Waals surface area contributed by atoms with Gasteiger partial charge in [0.1, 0.15) is 6.61 Å². The molecule has 0 radical (unpaired) electrons. The molecule has 1 fully saturated rings. The molecule has 1 heterocycles. The van der Waals surface area contributed by atoms with Crippen LogP contribution in [0.1, 0.15) is 18.4 Å². The first kappa shape index (κ1) is 18.3. The van der Waals surface area contributed by atoms with E-state index in [2.05, 4.69) is 0 Å². The second-order valence-electron chi connectivity index (χ2n) is 5.41. The first-order valence-corrected chi connectivity index (χ1v) is 8.54. The van der Waals surface area contributed by atoms with Gasteiger partial charge in [-0.2, -0.15) is 0 Å². The molecule has 1 saturated heterocycles. The molecule has 130 valence electrons. The first-order valence-electron chi connectivity index (χ1n) is 7.30. The lowest BCUT2D eigenvalue weighted by Crippen LogP contribution is -2.40. The third kappa shape index (κ3) is 4.70. The normalized spacial score (nSPS) is 15.4. The van der Waals surface area contributed by atoms with Crippen molar-refractivity contribution in [2.45, 2.75) is 19.4 Å². The number of non-ortho nitro benzene ring substituents is 1. The number of carbonyl (C=O) groups is 1. The molecular formula is C14H18N3O6P. The maximum Gasteiger partial charge on any atom is 0.410 e. The molecule has 24 heavy (non-hydrogen) atoms. The van der Waals surface area contributed by atoms with Gasteiger partial charge in [0.2, 0.25) is 8.38 Å². The number of rotatable bonds is 5. The van der Waals surface area contributed by atoms with Crippen LogP contribution in [0, 0.1) is 21.4 Å². The van der Waals surface area contributed by atoms with Crippen LogP contribution in [0.3, 0.4) is 0 Å². The Labute approximate surface area is 139 Å². The summed E-state index contributed by atoms with van der Waals surface area (Å²) in [5.74, 6) is -0.218. The number of nitrogens with one attached hydrogen (secondary N) is 1. The summed E-state index contributed by atoms with van der Waals surface area (Å²) in [5.41, 5.74) is 0.558. The molecule has 0 atom stereocenters. The third-order valence-corrected chi connectivity index (χ3v) is 4.66. The maximum absolute atomic E-state index is 12.0. The highest BCUT2D eigenvalue weighted by Crippen LogP contribution is 2.34. The molecule has 3 N–H and O–H groups in total. The number of nitrogens with zero attached hydrogens (tertiary/aromatic N) is 2. The number of carbonyl (C=O) groups excluding carboxylic acids is 1. The Bertz CT molecular complexity index is 613. The molecular weight excluding hydrogens is 337 g/mol. The van der Waals surface area contributed by atoms with Crippen LogP contribution >= 0.6 is 8.38 Å². The van der Waals surface area contributed by atoms with E-state index >= 15 is 0 Å². The summed E-state index contributed by atoms with van der Waals surface area (Å²) in [6, 6.07) is 5.76. The molecule has 2 rings (SSSR count). The van der Waals surface area contributed by atoms with E-state index in [0.29, 0.717) is 31.5 Å². The lowest BCUT2D eigenvalue weighted by molar-refractivity contribution is -0.384. The molecule has 1 aromatic carbocycles. The molecule has 0 saturated carbocycles. The topological polar surface area (TPSA) is 137 Å². The van der Waals surface area contributed by atoms with Crippen molar-refractivity contribution in [3.8, 4) is 0 Å². The van der Waals surface area contributed by atoms with Crippen LogP contribution in [0.25, 0.3) is 0 Å². The van der Waals surface area contributed by atoms with Crippen molar-refractivity contribution in [2.24, 2.45) is 5.92 Å². The summed E-state index contributed by atoms with van der Waals surface area (Å²) >= 11 is 0. The van der Waals surface area contributed by atoms with Crippen molar-refractivity contribution in [1.82, 2.24) is 4.90 Å². The van der Waals surface area contributed by atoms with Gasteiger partial charge in [0.15, 0.2) is 0 Å². The zero-order chi connectivity index (χ0) is 17.7. The number of benzene rings is 1. The molecule has 0 spiro atoms. The maximum atomic E-state index is 12.0. The van der Waals surface area contributed by atoms with Crippen molar-refractivity contribution in [1.29, 1.82) is 5.41 Å². The zero-order valence-corrected chi connectivity index (χ0v) is 13.7. The molecule has 10 heteroatoms. The molecule has 0 bridgehead atoms. The highest BCUT2D eigenvalue weighted by molar-refractivity contribution is 7.64. The van der Waals surface area contributed by atoms with Crippen molar-refractivity contribution in [3.63, 3.8) is 0 Å². The quantitative estimate of drug-likeness (QED) is 0.320. The third-order valence-electron chi connectivity index (χ3n) is 3.86. The lowest BCUT2D eigenvalue weighted by Gasteiger charge is -2.31. The standard InChI is InChI=1S/C14H18N3O6P/c15-13(24(21)22)11-5-7-16(8-6-11)14(18)23-9-10-1-3-12(4-2-10)17(19)20/h1-4,11,15,21-22H,5-9H2. The summed E-state index contributed by atoms with van der Waals surface area (Å²) in [6.45, 7) is 0.787. The summed E-state index contributed by atoms with van der Waals surface area (Å²) in [5, 5.41) is 18.2. The molecule has 1 amide bonds. The van der Waals surface area contributed by atoms with Crippen LogP contribution < -0.4 is 0 Å². The number of piperidine rings is 1. The second-order valence-corrected chi connectivity index (χ2v) is 6.47. The smallest absolute Gasteiger partial charge is 0.410 e. The Morgan fingerprint density at radius 1 is 1.33 bits per heavy atom. The van der Waals surface area contributed by atoms with Gasteiger partial charge in [0.05, 0.1) is 10.4 Å². The second kappa shape index (κ2) is 8.14. The van der Waals surface area contributed by atoms with E-state index < -0.39 is 19.4 Å². The number of nitro groups is 1. The number of hydrogen-bond donors (Lipinski definition) is 3. The number of ether oxygens (including phenoxy) is 1. The van der Waals surface area contributed by atoms with Crippen molar-refractivity contribution in [3.05, 3.63) is 39.9 Å². The fourth-order valence-electron chi connectivity index (χ4n) is 2.45. The molecule has 1 aliphatic heterocycles. The molecule has 0 unspecified atom stereocenters. The van der Waals surface area contributed by atoms with Crippen molar-refractivity contribution in [2.75, 3.05) is 13.1 Å². The van der Waals surface area contributed by atoms with E-state index in [1.54, 1.807) is 0 Å². The Balaban J connectivity index is 1.79. The van der Waals surface area contributed by atoms with Crippen LogP contribution in [0.5, 0.6) is 0 Å². The van der Waals surface area contributed by atoms with Crippen LogP contribution in [-0.2, 0) is 11.3 Å². The minimum Gasteiger partial charge on any atom is -0.445 e. The monoisotopic (exact) mass is 355 g/mol. The zero-order valence-electron chi connectivity index (χ0n) is 12.8. The van der Waals surface area contributed by atoms with E-state index in [-0.39, 0.29) is 23.7 Å². The van der Waals surface area contributed by atoms with E-state index in [0.717, 1.165) is 0 Å². The minimum atomic E-state index is -2.36. The summed E-state index contributed by atoms with van der Waals surface area (Å²) in [6.07, 6.45) is 0.491.